The first kappa shape index (κ1) is 7.37. The molecule has 1 saturated carbocycles. The Bertz CT molecular complexity index is 277. The van der Waals surface area contributed by atoms with Crippen LogP contribution in [0.3, 0.4) is 0 Å². The van der Waals surface area contributed by atoms with Crippen LogP contribution in [0.15, 0.2) is 17.3 Å². The molecular formula is C8H9N3O. The van der Waals surface area contributed by atoms with Gasteiger partial charge in [0.2, 0.25) is 5.91 Å². The van der Waals surface area contributed by atoms with E-state index in [1.807, 2.05) is 0 Å². The smallest absolute Gasteiger partial charge is 0.222 e. The highest BCUT2D eigenvalue weighted by atomic mass is 16.2. The molecule has 0 spiro atoms. The van der Waals surface area contributed by atoms with E-state index in [9.17, 15) is 4.79 Å². The predicted octanol–water partition coefficient (Wildman–Crippen LogP) is 2.04. The number of amides is 1. The number of hydrogen-bond donors (Lipinski definition) is 0. The molecule has 0 aromatic rings. The Hall–Kier alpha value is -1.28. The van der Waals surface area contributed by atoms with Gasteiger partial charge in [-0.25, -0.2) is 0 Å². The average molecular weight is 163 g/mol. The second kappa shape index (κ2) is 2.64. The molecule has 2 aliphatic rings. The summed E-state index contributed by atoms with van der Waals surface area (Å²) < 4.78 is 0. The lowest BCUT2D eigenvalue weighted by atomic mass is 10.1. The quantitative estimate of drug-likeness (QED) is 0.252. The van der Waals surface area contributed by atoms with Crippen LogP contribution in [0.25, 0.3) is 10.4 Å². The summed E-state index contributed by atoms with van der Waals surface area (Å²) >= 11 is 0. The zero-order chi connectivity index (χ0) is 8.55. The fourth-order valence-electron chi connectivity index (χ4n) is 2.07. The van der Waals surface area contributed by atoms with Gasteiger partial charge in [0.1, 0.15) is 0 Å². The van der Waals surface area contributed by atoms with Gasteiger partial charge in [0, 0.05) is 10.8 Å². The van der Waals surface area contributed by atoms with Crippen LogP contribution in [0, 0.1) is 17.8 Å². The van der Waals surface area contributed by atoms with Gasteiger partial charge in [-0.3, -0.25) is 4.79 Å². The Morgan fingerprint density at radius 3 is 2.50 bits per heavy atom. The lowest BCUT2D eigenvalue weighted by molar-refractivity contribution is -0.119. The van der Waals surface area contributed by atoms with Crippen molar-refractivity contribution in [1.82, 2.24) is 0 Å². The van der Waals surface area contributed by atoms with Crippen molar-refractivity contribution in [1.29, 1.82) is 0 Å². The van der Waals surface area contributed by atoms with Crippen LogP contribution in [0.5, 0.6) is 0 Å². The van der Waals surface area contributed by atoms with E-state index in [2.05, 4.69) is 22.2 Å². The minimum atomic E-state index is -0.267. The summed E-state index contributed by atoms with van der Waals surface area (Å²) in [7, 11) is 0. The Labute approximate surface area is 69.9 Å². The minimum absolute atomic E-state index is 0.0240. The normalized spacial score (nSPS) is 36.5. The van der Waals surface area contributed by atoms with Gasteiger partial charge >= 0.3 is 0 Å². The molecule has 4 heteroatoms. The van der Waals surface area contributed by atoms with Gasteiger partial charge in [0.25, 0.3) is 0 Å². The molecule has 1 amide bonds. The van der Waals surface area contributed by atoms with Crippen LogP contribution < -0.4 is 0 Å². The lowest BCUT2D eigenvalue weighted by Gasteiger charge is -1.96. The Morgan fingerprint density at radius 1 is 1.42 bits per heavy atom. The summed E-state index contributed by atoms with van der Waals surface area (Å²) in [4.78, 5) is 13.6. The number of azide groups is 1. The first-order chi connectivity index (χ1) is 5.84. The van der Waals surface area contributed by atoms with Crippen molar-refractivity contribution in [3.8, 4) is 0 Å². The number of carbonyl (C=O) groups is 1. The first-order valence-corrected chi connectivity index (χ1v) is 4.08. The third kappa shape index (κ3) is 1.01. The number of allylic oxidation sites excluding steroid dienone is 2. The minimum Gasteiger partial charge on any atom is -0.292 e. The van der Waals surface area contributed by atoms with E-state index in [-0.39, 0.29) is 11.8 Å². The third-order valence-electron chi connectivity index (χ3n) is 2.74. The van der Waals surface area contributed by atoms with E-state index < -0.39 is 0 Å². The molecule has 0 N–H and O–H groups in total. The maximum Gasteiger partial charge on any atom is 0.222 e. The molecule has 12 heavy (non-hydrogen) atoms. The summed E-state index contributed by atoms with van der Waals surface area (Å²) in [6.07, 6.45) is 6.15. The largest absolute Gasteiger partial charge is 0.292 e. The molecule has 0 bridgehead atoms. The molecule has 2 aliphatic carbocycles. The van der Waals surface area contributed by atoms with Crippen LogP contribution in [-0.2, 0) is 4.79 Å². The molecule has 0 radical (unpaired) electrons. The van der Waals surface area contributed by atoms with Gasteiger partial charge < -0.3 is 0 Å². The Morgan fingerprint density at radius 2 is 2.00 bits per heavy atom. The van der Waals surface area contributed by atoms with E-state index in [1.165, 1.54) is 0 Å². The lowest BCUT2D eigenvalue weighted by Crippen LogP contribution is -1.96. The molecule has 0 aromatic carbocycles. The van der Waals surface area contributed by atoms with Gasteiger partial charge in [0.15, 0.2) is 0 Å². The first-order valence-electron chi connectivity index (χ1n) is 4.08. The van der Waals surface area contributed by atoms with E-state index in [4.69, 9.17) is 5.53 Å². The van der Waals surface area contributed by atoms with E-state index in [0.29, 0.717) is 11.8 Å². The van der Waals surface area contributed by atoms with Crippen molar-refractivity contribution in [2.75, 3.05) is 0 Å². The van der Waals surface area contributed by atoms with E-state index in [1.54, 1.807) is 0 Å². The van der Waals surface area contributed by atoms with Crippen LogP contribution in [0.2, 0.25) is 0 Å². The summed E-state index contributed by atoms with van der Waals surface area (Å²) in [6.45, 7) is 0. The molecule has 0 aromatic heterocycles. The number of carbonyl (C=O) groups excluding carboxylic acids is 1. The SMILES string of the molecule is [N-]=[N+]=NC(=O)C1[C@H]2CC=CC[C@@H]12. The van der Waals surface area contributed by atoms with Gasteiger partial charge in [-0.15, -0.1) is 0 Å². The summed E-state index contributed by atoms with van der Waals surface area (Å²) in [5.74, 6) is 0.688. The van der Waals surface area contributed by atoms with Crippen LogP contribution in [0.1, 0.15) is 12.8 Å². The van der Waals surface area contributed by atoms with Crippen molar-refractivity contribution in [3.63, 3.8) is 0 Å². The van der Waals surface area contributed by atoms with Crippen LogP contribution >= 0.6 is 0 Å². The number of nitrogens with zero attached hydrogens (tertiary/aromatic N) is 3. The number of fused-ring (bicyclic) bond motifs is 1. The summed E-state index contributed by atoms with van der Waals surface area (Å²) in [5.41, 5.74) is 8.07. The fourth-order valence-corrected chi connectivity index (χ4v) is 2.07. The van der Waals surface area contributed by atoms with Gasteiger partial charge in [-0.1, -0.05) is 12.2 Å². The summed E-state index contributed by atoms with van der Waals surface area (Å²) in [5, 5.41) is 3.12. The highest BCUT2D eigenvalue weighted by Crippen LogP contribution is 2.53. The maximum atomic E-state index is 11.1. The molecule has 1 unspecified atom stereocenters. The molecule has 0 saturated heterocycles. The van der Waals surface area contributed by atoms with Crippen LogP contribution in [0.4, 0.5) is 0 Å². The third-order valence-corrected chi connectivity index (χ3v) is 2.74. The predicted molar refractivity (Wildman–Crippen MR) is 43.0 cm³/mol. The molecule has 0 heterocycles. The maximum absolute atomic E-state index is 11.1. The van der Waals surface area contributed by atoms with Gasteiger partial charge in [0.05, 0.1) is 0 Å². The van der Waals surface area contributed by atoms with E-state index in [0.717, 1.165) is 12.8 Å². The van der Waals surface area contributed by atoms with Crippen molar-refractivity contribution in [2.45, 2.75) is 12.8 Å². The number of hydrogen-bond acceptors (Lipinski definition) is 1. The highest BCUT2D eigenvalue weighted by molar-refractivity contribution is 5.83. The van der Waals surface area contributed by atoms with Crippen molar-refractivity contribution in [3.05, 3.63) is 22.6 Å². The monoisotopic (exact) mass is 163 g/mol. The molecular weight excluding hydrogens is 154 g/mol. The van der Waals surface area contributed by atoms with Crippen LogP contribution in [-0.4, -0.2) is 5.91 Å². The molecule has 4 nitrogen and oxygen atoms in total. The molecule has 0 aliphatic heterocycles. The Balaban J connectivity index is 2.03. The zero-order valence-electron chi connectivity index (χ0n) is 6.55. The highest BCUT2D eigenvalue weighted by Gasteiger charge is 2.53. The van der Waals surface area contributed by atoms with Gasteiger partial charge in [-0.05, 0) is 35.3 Å². The molecule has 2 rings (SSSR count). The fraction of sp³-hybridized carbons (Fsp3) is 0.625. The number of rotatable bonds is 1. The van der Waals surface area contributed by atoms with Crippen molar-refractivity contribution in [2.24, 2.45) is 22.9 Å². The standard InChI is InChI=1S/C8H9N3O/c9-11-10-8(12)7-5-3-1-2-4-6(5)7/h1-2,5-7H,3-4H2/t5-,6+,7?. The van der Waals surface area contributed by atoms with Crippen molar-refractivity contribution >= 4 is 5.91 Å². The van der Waals surface area contributed by atoms with Crippen molar-refractivity contribution < 1.29 is 4.79 Å². The molecule has 1 fully saturated rings. The van der Waals surface area contributed by atoms with Gasteiger partial charge in [-0.2, -0.15) is 0 Å². The average Bonchev–Trinajstić information content (AvgIpc) is 2.78. The summed E-state index contributed by atoms with van der Waals surface area (Å²) in [6, 6.07) is 0. The zero-order valence-corrected chi connectivity index (χ0v) is 6.55. The molecule has 62 valence electrons. The molecule has 3 atom stereocenters. The topological polar surface area (TPSA) is 65.8 Å². The van der Waals surface area contributed by atoms with E-state index >= 15 is 0 Å². The second-order valence-corrected chi connectivity index (χ2v) is 3.32. The second-order valence-electron chi connectivity index (χ2n) is 3.32. The Kier molecular flexibility index (Phi) is 1.62.